The van der Waals surface area contributed by atoms with Crippen molar-refractivity contribution in [1.82, 2.24) is 0 Å². The van der Waals surface area contributed by atoms with Gasteiger partial charge < -0.3 is 15.3 Å². The number of ketones is 1. The maximum Gasteiger partial charge on any atom is 0.192 e. The Hall–Kier alpha value is -1.55. The standard InChI is InChI=1S/C7H8O3.CH4O/c1-3-7(10)6(4-8)5(2)9;1-2/h3-4,8-9H,1-2H2;2H,1H3/b6-4+;. The van der Waals surface area contributed by atoms with Crippen LogP contribution >= 0.6 is 0 Å². The van der Waals surface area contributed by atoms with E-state index in [4.69, 9.17) is 15.3 Å². The highest BCUT2D eigenvalue weighted by molar-refractivity contribution is 6.06. The van der Waals surface area contributed by atoms with Crippen LogP contribution in [-0.2, 0) is 4.79 Å². The Morgan fingerprint density at radius 1 is 1.42 bits per heavy atom. The van der Waals surface area contributed by atoms with E-state index >= 15 is 0 Å². The van der Waals surface area contributed by atoms with Crippen LogP contribution in [0.4, 0.5) is 0 Å². The van der Waals surface area contributed by atoms with Crippen LogP contribution in [0.2, 0.25) is 0 Å². The number of allylic oxidation sites excluding steroid dienone is 2. The van der Waals surface area contributed by atoms with Crippen LogP contribution in [0.25, 0.3) is 0 Å². The Bertz CT molecular complexity index is 203. The van der Waals surface area contributed by atoms with Crippen molar-refractivity contribution in [2.45, 2.75) is 0 Å². The number of carbonyl (C=O) groups is 1. The predicted molar refractivity (Wildman–Crippen MR) is 45.8 cm³/mol. The van der Waals surface area contributed by atoms with E-state index < -0.39 is 11.5 Å². The van der Waals surface area contributed by atoms with E-state index in [-0.39, 0.29) is 5.57 Å². The van der Waals surface area contributed by atoms with Crippen LogP contribution in [0.1, 0.15) is 0 Å². The van der Waals surface area contributed by atoms with Gasteiger partial charge in [-0.25, -0.2) is 0 Å². The van der Waals surface area contributed by atoms with Crippen LogP contribution in [0.3, 0.4) is 0 Å². The second-order valence-electron chi connectivity index (χ2n) is 1.56. The van der Waals surface area contributed by atoms with Gasteiger partial charge in [0.1, 0.15) is 5.76 Å². The second kappa shape index (κ2) is 7.56. The van der Waals surface area contributed by atoms with Crippen molar-refractivity contribution < 1.29 is 20.1 Å². The van der Waals surface area contributed by atoms with Crippen molar-refractivity contribution in [2.24, 2.45) is 0 Å². The van der Waals surface area contributed by atoms with Crippen molar-refractivity contribution in [3.05, 3.63) is 36.8 Å². The van der Waals surface area contributed by atoms with Gasteiger partial charge in [0.25, 0.3) is 0 Å². The molecule has 0 aromatic heterocycles. The molecule has 3 N–H and O–H groups in total. The van der Waals surface area contributed by atoms with Crippen LogP contribution in [0, 0.1) is 0 Å². The number of carbonyl (C=O) groups excluding carboxylic acids is 1. The average Bonchev–Trinajstić information content (AvgIpc) is 2.08. The summed E-state index contributed by atoms with van der Waals surface area (Å²) >= 11 is 0. The summed E-state index contributed by atoms with van der Waals surface area (Å²) in [4.78, 5) is 10.6. The van der Waals surface area contributed by atoms with Crippen LogP contribution < -0.4 is 0 Å². The molecule has 68 valence electrons. The van der Waals surface area contributed by atoms with Gasteiger partial charge in [0.2, 0.25) is 0 Å². The van der Waals surface area contributed by atoms with Gasteiger partial charge in [0.05, 0.1) is 11.8 Å². The van der Waals surface area contributed by atoms with E-state index in [9.17, 15) is 4.79 Å². The normalized spacial score (nSPS) is 9.33. The minimum atomic E-state index is -0.560. The number of hydrogen-bond acceptors (Lipinski definition) is 4. The molecule has 4 nitrogen and oxygen atoms in total. The zero-order valence-electron chi connectivity index (χ0n) is 6.82. The highest BCUT2D eigenvalue weighted by atomic mass is 16.3. The monoisotopic (exact) mass is 172 g/mol. The van der Waals surface area contributed by atoms with Gasteiger partial charge in [-0.15, -0.1) is 0 Å². The van der Waals surface area contributed by atoms with E-state index in [1.54, 1.807) is 0 Å². The fourth-order valence-corrected chi connectivity index (χ4v) is 0.390. The third kappa shape index (κ3) is 4.29. The summed E-state index contributed by atoms with van der Waals surface area (Å²) in [5.41, 5.74) is -0.241. The van der Waals surface area contributed by atoms with E-state index in [2.05, 4.69) is 13.2 Å². The van der Waals surface area contributed by atoms with Crippen LogP contribution in [0.5, 0.6) is 0 Å². The number of rotatable bonds is 3. The molecule has 0 atom stereocenters. The first-order valence-corrected chi connectivity index (χ1v) is 2.97. The molecule has 0 aliphatic heterocycles. The van der Waals surface area contributed by atoms with E-state index in [1.165, 1.54) is 0 Å². The van der Waals surface area contributed by atoms with Gasteiger partial charge in [-0.2, -0.15) is 0 Å². The fraction of sp³-hybridized carbons (Fsp3) is 0.125. The predicted octanol–water partition coefficient (Wildman–Crippen LogP) is 0.864. The summed E-state index contributed by atoms with van der Waals surface area (Å²) < 4.78 is 0. The van der Waals surface area contributed by atoms with E-state index in [0.717, 1.165) is 13.2 Å². The minimum absolute atomic E-state index is 0.241. The largest absolute Gasteiger partial charge is 0.515 e. The Kier molecular flexibility index (Phi) is 8.23. The van der Waals surface area contributed by atoms with Crippen molar-refractivity contribution in [1.29, 1.82) is 0 Å². The molecule has 0 aromatic rings. The molecule has 4 heteroatoms. The highest BCUT2D eigenvalue weighted by Gasteiger charge is 2.07. The van der Waals surface area contributed by atoms with E-state index in [1.807, 2.05) is 0 Å². The summed E-state index contributed by atoms with van der Waals surface area (Å²) in [6.07, 6.45) is 1.47. The zero-order valence-corrected chi connectivity index (χ0v) is 6.82. The van der Waals surface area contributed by atoms with Crippen molar-refractivity contribution in [2.75, 3.05) is 7.11 Å². The molecule has 0 radical (unpaired) electrons. The average molecular weight is 172 g/mol. The first kappa shape index (κ1) is 13.1. The van der Waals surface area contributed by atoms with E-state index in [0.29, 0.717) is 6.26 Å². The molecule has 0 saturated carbocycles. The molecule has 0 aliphatic rings. The molecular weight excluding hydrogens is 160 g/mol. The molecule has 0 heterocycles. The van der Waals surface area contributed by atoms with Crippen molar-refractivity contribution in [3.63, 3.8) is 0 Å². The van der Waals surface area contributed by atoms with Crippen LogP contribution in [-0.4, -0.2) is 28.2 Å². The van der Waals surface area contributed by atoms with Crippen molar-refractivity contribution in [3.8, 4) is 0 Å². The third-order valence-corrected chi connectivity index (χ3v) is 0.891. The molecule has 0 saturated heterocycles. The topological polar surface area (TPSA) is 77.8 Å². The van der Waals surface area contributed by atoms with Gasteiger partial charge in [0.15, 0.2) is 5.78 Å². The maximum absolute atomic E-state index is 10.6. The quantitative estimate of drug-likeness (QED) is 0.335. The molecule has 0 bridgehead atoms. The van der Waals surface area contributed by atoms with Gasteiger partial charge in [-0.3, -0.25) is 4.79 Å². The summed E-state index contributed by atoms with van der Waals surface area (Å²) in [5.74, 6) is -1.03. The van der Waals surface area contributed by atoms with Gasteiger partial charge in [0, 0.05) is 7.11 Å². The Balaban J connectivity index is 0. The number of hydrogen-bond donors (Lipinski definition) is 3. The molecule has 0 aliphatic carbocycles. The third-order valence-electron chi connectivity index (χ3n) is 0.891. The van der Waals surface area contributed by atoms with Gasteiger partial charge in [-0.05, 0) is 6.08 Å². The molecule has 0 rings (SSSR count). The minimum Gasteiger partial charge on any atom is -0.515 e. The summed E-state index contributed by atoms with van der Waals surface area (Å²) in [7, 11) is 1.00. The van der Waals surface area contributed by atoms with Crippen LogP contribution in [0.15, 0.2) is 36.8 Å². The number of aliphatic hydroxyl groups is 3. The molecule has 0 unspecified atom stereocenters. The van der Waals surface area contributed by atoms with Gasteiger partial charge >= 0.3 is 0 Å². The lowest BCUT2D eigenvalue weighted by molar-refractivity contribution is -0.111. The molecule has 0 spiro atoms. The molecular formula is C8H12O4. The van der Waals surface area contributed by atoms with Crippen molar-refractivity contribution >= 4 is 5.78 Å². The SMILES string of the molecule is C=CC(=O)/C(=C/O)C(=C)O.CO. The second-order valence-corrected chi connectivity index (χ2v) is 1.56. The summed E-state index contributed by atoms with van der Waals surface area (Å²) in [6, 6.07) is 0. The molecule has 0 amide bonds. The summed E-state index contributed by atoms with van der Waals surface area (Å²) in [6.45, 7) is 6.21. The first-order chi connectivity index (χ1) is 5.63. The Morgan fingerprint density at radius 3 is 1.92 bits per heavy atom. The highest BCUT2D eigenvalue weighted by Crippen LogP contribution is 2.04. The number of aliphatic hydroxyl groups excluding tert-OH is 3. The lowest BCUT2D eigenvalue weighted by Gasteiger charge is -1.96. The first-order valence-electron chi connectivity index (χ1n) is 2.97. The Labute approximate surface area is 70.8 Å². The summed E-state index contributed by atoms with van der Waals surface area (Å²) in [5, 5.41) is 24.0. The molecule has 12 heavy (non-hydrogen) atoms. The lowest BCUT2D eigenvalue weighted by Crippen LogP contribution is -1.99. The Morgan fingerprint density at radius 2 is 1.83 bits per heavy atom. The molecule has 0 aromatic carbocycles. The maximum atomic E-state index is 10.6. The fourth-order valence-electron chi connectivity index (χ4n) is 0.390. The smallest absolute Gasteiger partial charge is 0.192 e. The lowest BCUT2D eigenvalue weighted by atomic mass is 10.1. The van der Waals surface area contributed by atoms with Gasteiger partial charge in [-0.1, -0.05) is 13.2 Å². The zero-order chi connectivity index (χ0) is 10.1. The molecule has 0 fully saturated rings.